The second-order valence-corrected chi connectivity index (χ2v) is 1.75. The number of pyridine rings is 1. The molecule has 0 aliphatic heterocycles. The highest BCUT2D eigenvalue weighted by Crippen LogP contribution is 1.94. The molecular weight excluding hydrogens is 126 g/mol. The fraction of sp³-hybridized carbons (Fsp3) is 0. The second-order valence-electron chi connectivity index (χ2n) is 1.35. The highest BCUT2D eigenvalue weighted by atomic mass is 35.5. The molecule has 0 saturated heterocycles. The van der Waals surface area contributed by atoms with Crippen molar-refractivity contribution in [2.45, 2.75) is 0 Å². The molecule has 0 unspecified atom stereocenters. The molecule has 0 atom stereocenters. The van der Waals surface area contributed by atoms with Gasteiger partial charge in [-0.3, -0.25) is 4.79 Å². The van der Waals surface area contributed by atoms with Crippen LogP contribution in [0.1, 0.15) is 0 Å². The summed E-state index contributed by atoms with van der Waals surface area (Å²) in [4.78, 5) is 12.8. The van der Waals surface area contributed by atoms with Crippen LogP contribution in [0.2, 0.25) is 5.02 Å². The van der Waals surface area contributed by atoms with E-state index in [4.69, 9.17) is 11.6 Å². The lowest BCUT2D eigenvalue weighted by atomic mass is 10.5. The fourth-order valence-electron chi connectivity index (χ4n) is 0.401. The third kappa shape index (κ3) is 0.898. The number of nitrogens with one attached hydrogen (secondary N) is 1. The first-order chi connectivity index (χ1) is 3.80. The van der Waals surface area contributed by atoms with Gasteiger partial charge in [0, 0.05) is 6.20 Å². The average Bonchev–Trinajstić information content (AvgIpc) is 1.77. The van der Waals surface area contributed by atoms with Gasteiger partial charge in [0.25, 0.3) is 5.56 Å². The normalized spacial score (nSPS) is 9.12. The van der Waals surface area contributed by atoms with Crippen LogP contribution in [0.5, 0.6) is 0 Å². The Labute approximate surface area is 51.1 Å². The minimum absolute atomic E-state index is 0.229. The molecule has 2 nitrogen and oxygen atoms in total. The third-order valence-corrected chi connectivity index (χ3v) is 1.07. The maximum Gasteiger partial charge on any atom is 0.266 e. The molecule has 3 heteroatoms. The standard InChI is InChI=1S/C5H4ClNO/c6-4-2-1-3-7-5(4)8/h1-3H,(H,7,8). The van der Waals surface area contributed by atoms with Crippen LogP contribution in [0.3, 0.4) is 0 Å². The van der Waals surface area contributed by atoms with Gasteiger partial charge >= 0.3 is 0 Å². The number of hydrogen-bond donors (Lipinski definition) is 1. The van der Waals surface area contributed by atoms with Crippen molar-refractivity contribution >= 4 is 11.6 Å². The zero-order valence-corrected chi connectivity index (χ0v) is 4.77. The molecule has 0 aliphatic carbocycles. The number of aromatic nitrogens is 1. The quantitative estimate of drug-likeness (QED) is 0.558. The Morgan fingerprint density at radius 2 is 2.38 bits per heavy atom. The molecule has 0 spiro atoms. The molecule has 0 aliphatic rings. The van der Waals surface area contributed by atoms with Crippen LogP contribution < -0.4 is 5.56 Å². The lowest BCUT2D eigenvalue weighted by Gasteiger charge is -1.81. The molecule has 1 aromatic rings. The number of rotatable bonds is 0. The van der Waals surface area contributed by atoms with E-state index in [0.717, 1.165) is 0 Å². The van der Waals surface area contributed by atoms with Crippen LogP contribution in [0.4, 0.5) is 0 Å². The molecule has 0 aromatic carbocycles. The average molecular weight is 130 g/mol. The highest BCUT2D eigenvalue weighted by Gasteiger charge is 1.86. The van der Waals surface area contributed by atoms with E-state index in [1.807, 2.05) is 0 Å². The third-order valence-electron chi connectivity index (χ3n) is 0.770. The summed E-state index contributed by atoms with van der Waals surface area (Å²) < 4.78 is 0. The maximum absolute atomic E-state index is 10.4. The number of H-pyrrole nitrogens is 1. The summed E-state index contributed by atoms with van der Waals surface area (Å²) in [5.74, 6) is 0. The summed E-state index contributed by atoms with van der Waals surface area (Å²) in [7, 11) is 0. The zero-order valence-electron chi connectivity index (χ0n) is 4.02. The van der Waals surface area contributed by atoms with Gasteiger partial charge < -0.3 is 4.98 Å². The summed E-state index contributed by atoms with van der Waals surface area (Å²) >= 11 is 5.36. The Balaban J connectivity index is 3.35. The molecule has 0 fully saturated rings. The fourth-order valence-corrected chi connectivity index (χ4v) is 0.528. The molecule has 1 aromatic heterocycles. The molecule has 0 saturated carbocycles. The molecule has 1 rings (SSSR count). The van der Waals surface area contributed by atoms with Gasteiger partial charge in [0.2, 0.25) is 0 Å². The van der Waals surface area contributed by atoms with Crippen molar-refractivity contribution in [3.63, 3.8) is 0 Å². The maximum atomic E-state index is 10.4. The van der Waals surface area contributed by atoms with E-state index in [0.29, 0.717) is 0 Å². The lowest BCUT2D eigenvalue weighted by Crippen LogP contribution is -2.02. The highest BCUT2D eigenvalue weighted by molar-refractivity contribution is 6.30. The van der Waals surface area contributed by atoms with Gasteiger partial charge in [0.05, 0.1) is 0 Å². The molecule has 0 radical (unpaired) electrons. The summed E-state index contributed by atoms with van der Waals surface area (Å²) in [6.07, 6.45) is 1.54. The second kappa shape index (κ2) is 2.01. The van der Waals surface area contributed by atoms with Gasteiger partial charge in [-0.1, -0.05) is 11.6 Å². The number of aromatic amines is 1. The van der Waals surface area contributed by atoms with Crippen molar-refractivity contribution < 1.29 is 0 Å². The van der Waals surface area contributed by atoms with E-state index in [-0.39, 0.29) is 10.6 Å². The van der Waals surface area contributed by atoms with E-state index >= 15 is 0 Å². The van der Waals surface area contributed by atoms with Gasteiger partial charge in [-0.05, 0) is 12.1 Å². The van der Waals surface area contributed by atoms with E-state index in [1.54, 1.807) is 12.1 Å². The van der Waals surface area contributed by atoms with Crippen LogP contribution in [0.15, 0.2) is 23.1 Å². The lowest BCUT2D eigenvalue weighted by molar-refractivity contribution is 1.24. The van der Waals surface area contributed by atoms with Gasteiger partial charge in [0.15, 0.2) is 0 Å². The topological polar surface area (TPSA) is 32.9 Å². The van der Waals surface area contributed by atoms with Gasteiger partial charge in [-0.15, -0.1) is 0 Å². The molecule has 0 bridgehead atoms. The number of hydrogen-bond acceptors (Lipinski definition) is 1. The summed E-state index contributed by atoms with van der Waals surface area (Å²) in [6.45, 7) is 0. The van der Waals surface area contributed by atoms with Crippen molar-refractivity contribution in [1.29, 1.82) is 0 Å². The molecule has 8 heavy (non-hydrogen) atoms. The zero-order chi connectivity index (χ0) is 5.98. The van der Waals surface area contributed by atoms with Crippen LogP contribution in [-0.4, -0.2) is 4.98 Å². The van der Waals surface area contributed by atoms with Crippen molar-refractivity contribution in [2.75, 3.05) is 0 Å². The Morgan fingerprint density at radius 1 is 1.62 bits per heavy atom. The van der Waals surface area contributed by atoms with Gasteiger partial charge in [0.1, 0.15) is 5.02 Å². The summed E-state index contributed by atoms with van der Waals surface area (Å²) in [5, 5.41) is 0.229. The van der Waals surface area contributed by atoms with E-state index in [9.17, 15) is 4.79 Å². The molecule has 1 heterocycles. The van der Waals surface area contributed by atoms with E-state index in [1.165, 1.54) is 6.20 Å². The molecule has 42 valence electrons. The van der Waals surface area contributed by atoms with Crippen molar-refractivity contribution in [3.8, 4) is 0 Å². The van der Waals surface area contributed by atoms with Crippen LogP contribution in [0.25, 0.3) is 0 Å². The van der Waals surface area contributed by atoms with Crippen LogP contribution >= 0.6 is 11.6 Å². The Bertz CT molecular complexity index is 230. The summed E-state index contributed by atoms with van der Waals surface area (Å²) in [6, 6.07) is 3.21. The summed E-state index contributed by atoms with van der Waals surface area (Å²) in [5.41, 5.74) is -0.242. The first kappa shape index (κ1) is 5.38. The predicted molar refractivity (Wildman–Crippen MR) is 32.1 cm³/mol. The van der Waals surface area contributed by atoms with Crippen LogP contribution in [-0.2, 0) is 0 Å². The Hall–Kier alpha value is -0.760. The molecule has 1 N–H and O–H groups in total. The largest absolute Gasteiger partial charge is 0.328 e. The van der Waals surface area contributed by atoms with Gasteiger partial charge in [-0.2, -0.15) is 0 Å². The van der Waals surface area contributed by atoms with Gasteiger partial charge in [-0.25, -0.2) is 0 Å². The monoisotopic (exact) mass is 129 g/mol. The van der Waals surface area contributed by atoms with E-state index < -0.39 is 0 Å². The first-order valence-electron chi connectivity index (χ1n) is 2.14. The minimum atomic E-state index is -0.242. The predicted octanol–water partition coefficient (Wildman–Crippen LogP) is 1.03. The SMILES string of the molecule is O=c1[nH]cccc1Cl. The number of halogens is 1. The Morgan fingerprint density at radius 3 is 2.75 bits per heavy atom. The van der Waals surface area contributed by atoms with Crippen molar-refractivity contribution in [1.82, 2.24) is 4.98 Å². The van der Waals surface area contributed by atoms with Crippen molar-refractivity contribution in [3.05, 3.63) is 33.7 Å². The minimum Gasteiger partial charge on any atom is -0.328 e. The first-order valence-corrected chi connectivity index (χ1v) is 2.52. The Kier molecular flexibility index (Phi) is 1.35. The smallest absolute Gasteiger partial charge is 0.266 e. The molecular formula is C5H4ClNO. The van der Waals surface area contributed by atoms with Crippen molar-refractivity contribution in [2.24, 2.45) is 0 Å². The van der Waals surface area contributed by atoms with Crippen LogP contribution in [0, 0.1) is 0 Å². The molecule has 0 amide bonds. The van der Waals surface area contributed by atoms with E-state index in [2.05, 4.69) is 4.98 Å².